The zero-order chi connectivity index (χ0) is 14.7. The van der Waals surface area contributed by atoms with E-state index in [0.29, 0.717) is 16.2 Å². The van der Waals surface area contributed by atoms with Crippen molar-refractivity contribution in [3.63, 3.8) is 0 Å². The normalized spacial score (nSPS) is 11.1. The van der Waals surface area contributed by atoms with Gasteiger partial charge in [-0.15, -0.1) is 0 Å². The van der Waals surface area contributed by atoms with Crippen LogP contribution in [0.25, 0.3) is 11.4 Å². The molecule has 3 rings (SSSR count). The summed E-state index contributed by atoms with van der Waals surface area (Å²) >= 11 is 5.14. The number of aromatic amines is 1. The highest BCUT2D eigenvalue weighted by molar-refractivity contribution is 7.71. The second kappa shape index (κ2) is 5.76. The fraction of sp³-hybridized carbons (Fsp3) is 0. The first-order valence-electron chi connectivity index (χ1n) is 6.12. The number of hydrogen-bond donors (Lipinski definition) is 1. The van der Waals surface area contributed by atoms with Gasteiger partial charge in [-0.3, -0.25) is 4.98 Å². The molecule has 0 aliphatic rings. The van der Waals surface area contributed by atoms with Gasteiger partial charge in [0.1, 0.15) is 5.82 Å². The summed E-state index contributed by atoms with van der Waals surface area (Å²) in [5.41, 5.74) is 1.41. The molecule has 1 aromatic carbocycles. The summed E-state index contributed by atoms with van der Waals surface area (Å²) in [7, 11) is 0. The smallest absolute Gasteiger partial charge is 0.216 e. The minimum absolute atomic E-state index is 0.328. The number of nitrogens with zero attached hydrogens (tertiary/aromatic N) is 4. The van der Waals surface area contributed by atoms with E-state index in [9.17, 15) is 4.39 Å². The zero-order valence-corrected chi connectivity index (χ0v) is 11.6. The Labute approximate surface area is 124 Å². The van der Waals surface area contributed by atoms with Crippen LogP contribution in [0, 0.1) is 10.6 Å². The van der Waals surface area contributed by atoms with Crippen LogP contribution in [0.1, 0.15) is 5.56 Å². The van der Waals surface area contributed by atoms with Crippen LogP contribution in [0.15, 0.2) is 53.9 Å². The van der Waals surface area contributed by atoms with Crippen LogP contribution in [-0.4, -0.2) is 26.1 Å². The molecule has 0 saturated heterocycles. The molecule has 7 heteroatoms. The fourth-order valence-electron chi connectivity index (χ4n) is 1.79. The van der Waals surface area contributed by atoms with Gasteiger partial charge < -0.3 is 0 Å². The summed E-state index contributed by atoms with van der Waals surface area (Å²) in [6.07, 6.45) is 4.97. The van der Waals surface area contributed by atoms with E-state index in [4.69, 9.17) is 12.2 Å². The average Bonchev–Trinajstić information content (AvgIpc) is 2.87. The van der Waals surface area contributed by atoms with Crippen LogP contribution in [0.5, 0.6) is 0 Å². The van der Waals surface area contributed by atoms with Crippen LogP contribution in [0.4, 0.5) is 4.39 Å². The summed E-state index contributed by atoms with van der Waals surface area (Å²) < 4.78 is 15.1. The molecule has 2 heterocycles. The Morgan fingerprint density at radius 1 is 1.29 bits per heavy atom. The number of halogens is 1. The second-order valence-electron chi connectivity index (χ2n) is 4.21. The van der Waals surface area contributed by atoms with Crippen LogP contribution < -0.4 is 0 Å². The van der Waals surface area contributed by atoms with Crippen molar-refractivity contribution in [2.45, 2.75) is 0 Å². The Balaban J connectivity index is 2.02. The van der Waals surface area contributed by atoms with E-state index in [0.717, 1.165) is 5.56 Å². The summed E-state index contributed by atoms with van der Waals surface area (Å²) in [5.74, 6) is 0.101. The maximum atomic E-state index is 13.3. The lowest BCUT2D eigenvalue weighted by atomic mass is 10.2. The van der Waals surface area contributed by atoms with E-state index >= 15 is 0 Å². The van der Waals surface area contributed by atoms with Crippen molar-refractivity contribution < 1.29 is 4.39 Å². The molecule has 0 aliphatic heterocycles. The molecule has 0 unspecified atom stereocenters. The van der Waals surface area contributed by atoms with Crippen molar-refractivity contribution in [2.75, 3.05) is 0 Å². The standard InChI is InChI=1S/C14H10FN5S/c15-12-5-1-4-11(7-12)13-18-19-14(21)20(13)17-9-10-3-2-6-16-8-10/h1-9H,(H,19,21)/b17-9-. The summed E-state index contributed by atoms with van der Waals surface area (Å²) in [4.78, 5) is 4.00. The van der Waals surface area contributed by atoms with Gasteiger partial charge in [-0.25, -0.2) is 9.49 Å². The minimum Gasteiger partial charge on any atom is -0.264 e. The predicted octanol–water partition coefficient (Wildman–Crippen LogP) is 3.02. The van der Waals surface area contributed by atoms with Crippen molar-refractivity contribution in [3.05, 3.63) is 64.9 Å². The molecule has 0 radical (unpaired) electrons. The monoisotopic (exact) mass is 299 g/mol. The molecule has 0 fully saturated rings. The SMILES string of the molecule is Fc1cccc(-c2n[nH]c(=S)n2/N=C\c2cccnc2)c1. The summed E-state index contributed by atoms with van der Waals surface area (Å²) in [5, 5.41) is 11.0. The number of H-pyrrole nitrogens is 1. The van der Waals surface area contributed by atoms with E-state index in [1.165, 1.54) is 16.8 Å². The van der Waals surface area contributed by atoms with Crippen molar-refractivity contribution >= 4 is 18.4 Å². The third-order valence-electron chi connectivity index (χ3n) is 2.74. The van der Waals surface area contributed by atoms with Crippen LogP contribution in [0.2, 0.25) is 0 Å². The Morgan fingerprint density at radius 3 is 2.95 bits per heavy atom. The van der Waals surface area contributed by atoms with Gasteiger partial charge >= 0.3 is 0 Å². The van der Waals surface area contributed by atoms with Crippen molar-refractivity contribution in [2.24, 2.45) is 5.10 Å². The number of pyridine rings is 1. The summed E-state index contributed by atoms with van der Waals surface area (Å²) in [6, 6.07) is 9.77. The molecule has 0 amide bonds. The van der Waals surface area contributed by atoms with Gasteiger partial charge in [0.05, 0.1) is 6.21 Å². The molecular formula is C14H10FN5S. The lowest BCUT2D eigenvalue weighted by Crippen LogP contribution is -1.95. The number of rotatable bonds is 3. The first-order chi connectivity index (χ1) is 10.2. The quantitative estimate of drug-likeness (QED) is 0.597. The van der Waals surface area contributed by atoms with Crippen LogP contribution in [0.3, 0.4) is 0 Å². The highest BCUT2D eigenvalue weighted by Gasteiger charge is 2.08. The lowest BCUT2D eigenvalue weighted by molar-refractivity contribution is 0.628. The Hall–Kier alpha value is -2.67. The number of nitrogens with one attached hydrogen (secondary N) is 1. The van der Waals surface area contributed by atoms with E-state index in [2.05, 4.69) is 20.3 Å². The number of aromatic nitrogens is 4. The highest BCUT2D eigenvalue weighted by atomic mass is 32.1. The molecule has 5 nitrogen and oxygen atoms in total. The second-order valence-corrected chi connectivity index (χ2v) is 4.59. The van der Waals surface area contributed by atoms with E-state index in [1.54, 1.807) is 30.7 Å². The van der Waals surface area contributed by atoms with Crippen LogP contribution in [-0.2, 0) is 0 Å². The molecule has 21 heavy (non-hydrogen) atoms. The Morgan fingerprint density at radius 2 is 2.19 bits per heavy atom. The van der Waals surface area contributed by atoms with E-state index < -0.39 is 0 Å². The van der Waals surface area contributed by atoms with Gasteiger partial charge in [0.15, 0.2) is 5.82 Å². The van der Waals surface area contributed by atoms with Gasteiger partial charge in [-0.1, -0.05) is 18.2 Å². The van der Waals surface area contributed by atoms with Crippen molar-refractivity contribution in [3.8, 4) is 11.4 Å². The highest BCUT2D eigenvalue weighted by Crippen LogP contribution is 2.18. The average molecular weight is 299 g/mol. The largest absolute Gasteiger partial charge is 0.264 e. The first kappa shape index (κ1) is 13.3. The third-order valence-corrected chi connectivity index (χ3v) is 3.00. The molecule has 104 valence electrons. The van der Waals surface area contributed by atoms with Crippen LogP contribution >= 0.6 is 12.2 Å². The molecule has 0 aliphatic carbocycles. The molecule has 0 bridgehead atoms. The maximum absolute atomic E-state index is 13.3. The molecule has 0 saturated carbocycles. The molecule has 2 aromatic heterocycles. The maximum Gasteiger partial charge on any atom is 0.216 e. The molecule has 3 aromatic rings. The Bertz CT molecular complexity index is 838. The van der Waals surface area contributed by atoms with E-state index in [-0.39, 0.29) is 5.82 Å². The fourth-order valence-corrected chi connectivity index (χ4v) is 1.97. The van der Waals surface area contributed by atoms with Gasteiger partial charge in [0.2, 0.25) is 4.77 Å². The first-order valence-corrected chi connectivity index (χ1v) is 6.52. The topological polar surface area (TPSA) is 58.9 Å². The van der Waals surface area contributed by atoms with E-state index in [1.807, 2.05) is 12.1 Å². The molecular weight excluding hydrogens is 289 g/mol. The van der Waals surface area contributed by atoms with Gasteiger partial charge in [0, 0.05) is 23.5 Å². The van der Waals surface area contributed by atoms with Crippen molar-refractivity contribution in [1.82, 2.24) is 19.9 Å². The van der Waals surface area contributed by atoms with Gasteiger partial charge in [-0.05, 0) is 30.4 Å². The number of benzene rings is 1. The van der Waals surface area contributed by atoms with Crippen molar-refractivity contribution in [1.29, 1.82) is 0 Å². The zero-order valence-electron chi connectivity index (χ0n) is 10.8. The molecule has 1 N–H and O–H groups in total. The Kier molecular flexibility index (Phi) is 3.65. The van der Waals surface area contributed by atoms with Gasteiger partial charge in [0.25, 0.3) is 0 Å². The lowest BCUT2D eigenvalue weighted by Gasteiger charge is -2.00. The summed E-state index contributed by atoms with van der Waals surface area (Å²) in [6.45, 7) is 0. The van der Waals surface area contributed by atoms with Gasteiger partial charge in [-0.2, -0.15) is 14.9 Å². The predicted molar refractivity (Wildman–Crippen MR) is 80.0 cm³/mol. The number of hydrogen-bond acceptors (Lipinski definition) is 4. The molecule has 0 atom stereocenters. The third kappa shape index (κ3) is 2.92. The molecule has 0 spiro atoms. The minimum atomic E-state index is -0.343.